The van der Waals surface area contributed by atoms with Crippen LogP contribution in [0.15, 0.2) is 71.3 Å². The van der Waals surface area contributed by atoms with Crippen LogP contribution < -0.4 is 11.1 Å². The van der Waals surface area contributed by atoms with Gasteiger partial charge in [-0.1, -0.05) is 36.4 Å². The van der Waals surface area contributed by atoms with Crippen molar-refractivity contribution in [2.45, 2.75) is 19.9 Å². The molecule has 0 atom stereocenters. The van der Waals surface area contributed by atoms with Gasteiger partial charge in [0.05, 0.1) is 30.2 Å². The molecule has 3 aromatic carbocycles. The van der Waals surface area contributed by atoms with Crippen LogP contribution in [0.3, 0.4) is 0 Å². The second kappa shape index (κ2) is 9.67. The van der Waals surface area contributed by atoms with E-state index in [1.54, 1.807) is 31.2 Å². The van der Waals surface area contributed by atoms with Gasteiger partial charge in [-0.05, 0) is 47.9 Å². The number of amides is 1. The van der Waals surface area contributed by atoms with Gasteiger partial charge in [-0.3, -0.25) is 9.59 Å². The van der Waals surface area contributed by atoms with Crippen LogP contribution in [0.2, 0.25) is 0 Å². The van der Waals surface area contributed by atoms with Crippen LogP contribution in [0, 0.1) is 5.82 Å². The summed E-state index contributed by atoms with van der Waals surface area (Å²) in [5, 5.41) is 2.94. The molecule has 0 aliphatic rings. The maximum Gasteiger partial charge on any atom is 0.310 e. The second-order valence-electron chi connectivity index (χ2n) is 7.45. The minimum absolute atomic E-state index is 0.00925. The van der Waals surface area contributed by atoms with Gasteiger partial charge >= 0.3 is 5.97 Å². The van der Waals surface area contributed by atoms with Crippen molar-refractivity contribution in [2.24, 2.45) is 5.73 Å². The Morgan fingerprint density at radius 2 is 1.91 bits per heavy atom. The summed E-state index contributed by atoms with van der Waals surface area (Å²) < 4.78 is 25.8. The van der Waals surface area contributed by atoms with Crippen molar-refractivity contribution in [3.63, 3.8) is 0 Å². The van der Waals surface area contributed by atoms with Gasteiger partial charge in [-0.15, -0.1) is 0 Å². The molecule has 4 aromatic rings. The lowest BCUT2D eigenvalue weighted by molar-refractivity contribution is -0.142. The van der Waals surface area contributed by atoms with Crippen molar-refractivity contribution < 1.29 is 23.1 Å². The Labute approximate surface area is 190 Å². The Morgan fingerprint density at radius 3 is 2.70 bits per heavy atom. The normalized spacial score (nSPS) is 10.9. The van der Waals surface area contributed by atoms with E-state index in [-0.39, 0.29) is 24.0 Å². The summed E-state index contributed by atoms with van der Waals surface area (Å²) in [5.74, 6) is -1.73. The van der Waals surface area contributed by atoms with Gasteiger partial charge < -0.3 is 20.2 Å². The number of nitrogens with one attached hydrogen (secondary N) is 1. The molecule has 33 heavy (non-hydrogen) atoms. The van der Waals surface area contributed by atoms with E-state index >= 15 is 4.39 Å². The molecule has 0 spiro atoms. The smallest absolute Gasteiger partial charge is 0.310 e. The molecule has 0 radical (unpaired) electrons. The van der Waals surface area contributed by atoms with Crippen LogP contribution in [0.25, 0.3) is 22.1 Å². The fraction of sp³-hybridized carbons (Fsp3) is 0.154. The zero-order valence-electron chi connectivity index (χ0n) is 18.1. The standard InChI is InChI=1S/C26H23FN2O4/c1-2-32-23(30)13-18-7-3-4-9-22(18)29-26(31)21-14-20(17-8-5-6-16(12-17)15-28)25-19(24(21)27)10-11-33-25/h3-12,14H,2,13,15,28H2,1H3,(H,29,31). The first-order valence-corrected chi connectivity index (χ1v) is 10.6. The highest BCUT2D eigenvalue weighted by atomic mass is 19.1. The largest absolute Gasteiger partial charge is 0.466 e. The zero-order valence-corrected chi connectivity index (χ0v) is 18.1. The first kappa shape index (κ1) is 22.2. The van der Waals surface area contributed by atoms with E-state index in [1.165, 1.54) is 18.4 Å². The van der Waals surface area contributed by atoms with Crippen LogP contribution in [-0.2, 0) is 22.5 Å². The summed E-state index contributed by atoms with van der Waals surface area (Å²) >= 11 is 0. The van der Waals surface area contributed by atoms with Crippen LogP contribution in [-0.4, -0.2) is 18.5 Å². The Morgan fingerprint density at radius 1 is 1.09 bits per heavy atom. The van der Waals surface area contributed by atoms with Gasteiger partial charge in [-0.25, -0.2) is 4.39 Å². The number of hydrogen-bond donors (Lipinski definition) is 2. The fourth-order valence-corrected chi connectivity index (χ4v) is 3.71. The zero-order chi connectivity index (χ0) is 23.4. The number of esters is 1. The highest BCUT2D eigenvalue weighted by Crippen LogP contribution is 2.34. The number of hydrogen-bond acceptors (Lipinski definition) is 5. The van der Waals surface area contributed by atoms with Gasteiger partial charge in [0.25, 0.3) is 5.91 Å². The van der Waals surface area contributed by atoms with Crippen molar-refractivity contribution in [2.75, 3.05) is 11.9 Å². The SMILES string of the molecule is CCOC(=O)Cc1ccccc1NC(=O)c1cc(-c2cccc(CN)c2)c2occc2c1F. The average molecular weight is 446 g/mol. The van der Waals surface area contributed by atoms with Crippen molar-refractivity contribution in [3.8, 4) is 11.1 Å². The third-order valence-electron chi connectivity index (χ3n) is 5.30. The van der Waals surface area contributed by atoms with Crippen molar-refractivity contribution in [3.05, 3.63) is 89.4 Å². The van der Waals surface area contributed by atoms with E-state index in [9.17, 15) is 9.59 Å². The monoisotopic (exact) mass is 446 g/mol. The lowest BCUT2D eigenvalue weighted by atomic mass is 9.97. The molecule has 0 aliphatic heterocycles. The number of para-hydroxylation sites is 1. The molecule has 0 bridgehead atoms. The number of rotatable bonds is 7. The first-order valence-electron chi connectivity index (χ1n) is 10.6. The number of carbonyl (C=O) groups excluding carboxylic acids is 2. The molecular formula is C26H23FN2O4. The predicted octanol–water partition coefficient (Wildman–Crippen LogP) is 5.06. The summed E-state index contributed by atoms with van der Waals surface area (Å²) in [7, 11) is 0. The summed E-state index contributed by atoms with van der Waals surface area (Å²) in [6.07, 6.45) is 1.38. The minimum atomic E-state index is -0.683. The van der Waals surface area contributed by atoms with Gasteiger partial charge in [0.2, 0.25) is 0 Å². The molecule has 3 N–H and O–H groups in total. The van der Waals surface area contributed by atoms with Crippen molar-refractivity contribution in [1.29, 1.82) is 0 Å². The average Bonchev–Trinajstić information content (AvgIpc) is 3.31. The molecule has 1 aromatic heterocycles. The number of nitrogens with two attached hydrogens (primary N) is 1. The second-order valence-corrected chi connectivity index (χ2v) is 7.45. The lowest BCUT2D eigenvalue weighted by Crippen LogP contribution is -2.17. The van der Waals surface area contributed by atoms with E-state index in [4.69, 9.17) is 14.9 Å². The summed E-state index contributed by atoms with van der Waals surface area (Å²) in [5.41, 5.74) is 9.20. The first-order chi connectivity index (χ1) is 16.0. The Balaban J connectivity index is 1.73. The van der Waals surface area contributed by atoms with Crippen LogP contribution in [0.4, 0.5) is 10.1 Å². The number of halogens is 1. The molecule has 1 heterocycles. The number of fused-ring (bicyclic) bond motifs is 1. The quantitative estimate of drug-likeness (QED) is 0.387. The minimum Gasteiger partial charge on any atom is -0.466 e. The molecule has 4 rings (SSSR count). The van der Waals surface area contributed by atoms with E-state index in [0.717, 1.165) is 11.1 Å². The summed E-state index contributed by atoms with van der Waals surface area (Å²) in [6.45, 7) is 2.33. The lowest BCUT2D eigenvalue weighted by Gasteiger charge is -2.13. The molecule has 0 unspecified atom stereocenters. The van der Waals surface area contributed by atoms with Crippen molar-refractivity contribution >= 4 is 28.5 Å². The molecular weight excluding hydrogens is 423 g/mol. The Bertz CT molecular complexity index is 1330. The molecule has 1 amide bonds. The molecule has 7 heteroatoms. The number of furan rings is 1. The number of anilines is 1. The maximum atomic E-state index is 15.3. The van der Waals surface area contributed by atoms with Gasteiger partial charge in [0.1, 0.15) is 11.4 Å². The van der Waals surface area contributed by atoms with E-state index in [0.29, 0.717) is 28.9 Å². The highest BCUT2D eigenvalue weighted by Gasteiger charge is 2.21. The van der Waals surface area contributed by atoms with E-state index < -0.39 is 17.7 Å². The van der Waals surface area contributed by atoms with E-state index in [1.807, 2.05) is 24.3 Å². The van der Waals surface area contributed by atoms with Crippen LogP contribution >= 0.6 is 0 Å². The topological polar surface area (TPSA) is 94.6 Å². The van der Waals surface area contributed by atoms with Gasteiger partial charge in [0, 0.05) is 17.8 Å². The molecule has 6 nitrogen and oxygen atoms in total. The third kappa shape index (κ3) is 4.63. The number of benzene rings is 3. The summed E-state index contributed by atoms with van der Waals surface area (Å²) in [6, 6.07) is 17.3. The molecule has 0 aliphatic carbocycles. The van der Waals surface area contributed by atoms with Gasteiger partial charge in [-0.2, -0.15) is 0 Å². The summed E-state index contributed by atoms with van der Waals surface area (Å²) in [4.78, 5) is 25.1. The number of ether oxygens (including phenoxy) is 1. The fourth-order valence-electron chi connectivity index (χ4n) is 3.71. The maximum absolute atomic E-state index is 15.3. The molecule has 168 valence electrons. The van der Waals surface area contributed by atoms with Crippen LogP contribution in [0.5, 0.6) is 0 Å². The predicted molar refractivity (Wildman–Crippen MR) is 124 cm³/mol. The molecule has 0 fully saturated rings. The van der Waals surface area contributed by atoms with Gasteiger partial charge in [0.15, 0.2) is 0 Å². The highest BCUT2D eigenvalue weighted by molar-refractivity contribution is 6.09. The Hall–Kier alpha value is -3.97. The number of carbonyl (C=O) groups is 2. The van der Waals surface area contributed by atoms with Crippen molar-refractivity contribution in [1.82, 2.24) is 0 Å². The third-order valence-corrected chi connectivity index (χ3v) is 5.30. The Kier molecular flexibility index (Phi) is 6.51. The molecule has 0 saturated heterocycles. The molecule has 0 saturated carbocycles. The van der Waals surface area contributed by atoms with E-state index in [2.05, 4.69) is 5.32 Å². The van der Waals surface area contributed by atoms with Crippen LogP contribution in [0.1, 0.15) is 28.4 Å².